The van der Waals surface area contributed by atoms with Gasteiger partial charge in [0.1, 0.15) is 0 Å². The fourth-order valence-corrected chi connectivity index (χ4v) is 2.61. The predicted octanol–water partition coefficient (Wildman–Crippen LogP) is 2.85. The molecule has 0 aliphatic heterocycles. The molecule has 0 amide bonds. The molecule has 0 heterocycles. The van der Waals surface area contributed by atoms with Gasteiger partial charge in [-0.1, -0.05) is 20.8 Å². The lowest BCUT2D eigenvalue weighted by Crippen LogP contribution is -2.35. The Balaban J connectivity index is 2.48. The summed E-state index contributed by atoms with van der Waals surface area (Å²) in [4.78, 5) is 0. The van der Waals surface area contributed by atoms with Crippen LogP contribution in [-0.4, -0.2) is 24.9 Å². The molecule has 3 atom stereocenters. The van der Waals surface area contributed by atoms with Gasteiger partial charge in [-0.15, -0.1) is 0 Å². The first kappa shape index (κ1) is 13.0. The molecule has 1 aliphatic carbocycles. The quantitative estimate of drug-likeness (QED) is 0.783. The van der Waals surface area contributed by atoms with Crippen molar-refractivity contribution in [2.45, 2.75) is 52.6 Å². The number of hydrogen-bond acceptors (Lipinski definition) is 2. The topological polar surface area (TPSA) is 29.5 Å². The molecule has 2 nitrogen and oxygen atoms in total. The average Bonchev–Trinajstić information content (AvgIpc) is 2.15. The van der Waals surface area contributed by atoms with Crippen LogP contribution in [0.5, 0.6) is 0 Å². The molecule has 3 unspecified atom stereocenters. The zero-order chi connectivity index (χ0) is 11.5. The molecular weight excluding hydrogens is 188 g/mol. The summed E-state index contributed by atoms with van der Waals surface area (Å²) < 4.78 is 5.10. The summed E-state index contributed by atoms with van der Waals surface area (Å²) in [6.45, 7) is 7.70. The molecule has 1 aliphatic rings. The van der Waals surface area contributed by atoms with Gasteiger partial charge in [0.05, 0.1) is 6.10 Å². The number of ether oxygens (including phenoxy) is 1. The van der Waals surface area contributed by atoms with Crippen LogP contribution in [0.2, 0.25) is 0 Å². The SMILES string of the molecule is COCCC1CC(C(C)(C)C)CCC1O. The van der Waals surface area contributed by atoms with Crippen molar-refractivity contribution < 1.29 is 9.84 Å². The first-order valence-electron chi connectivity index (χ1n) is 6.12. The molecule has 0 radical (unpaired) electrons. The highest BCUT2D eigenvalue weighted by Crippen LogP contribution is 2.41. The summed E-state index contributed by atoms with van der Waals surface area (Å²) in [6, 6.07) is 0. The highest BCUT2D eigenvalue weighted by atomic mass is 16.5. The maximum atomic E-state index is 9.92. The minimum absolute atomic E-state index is 0.0984. The van der Waals surface area contributed by atoms with Crippen LogP contribution in [-0.2, 0) is 4.74 Å². The largest absolute Gasteiger partial charge is 0.393 e. The van der Waals surface area contributed by atoms with Crippen LogP contribution in [0.4, 0.5) is 0 Å². The van der Waals surface area contributed by atoms with Crippen molar-refractivity contribution in [3.8, 4) is 0 Å². The van der Waals surface area contributed by atoms with Crippen LogP contribution >= 0.6 is 0 Å². The second kappa shape index (κ2) is 5.31. The van der Waals surface area contributed by atoms with Gasteiger partial charge < -0.3 is 9.84 Å². The molecule has 1 N–H and O–H groups in total. The van der Waals surface area contributed by atoms with E-state index in [1.165, 1.54) is 6.42 Å². The minimum Gasteiger partial charge on any atom is -0.393 e. The summed E-state index contributed by atoms with van der Waals surface area (Å²) >= 11 is 0. The van der Waals surface area contributed by atoms with Crippen molar-refractivity contribution in [3.63, 3.8) is 0 Å². The Bertz CT molecular complexity index is 183. The summed E-state index contributed by atoms with van der Waals surface area (Å²) in [7, 11) is 1.73. The molecular formula is C13H26O2. The van der Waals surface area contributed by atoms with E-state index < -0.39 is 0 Å². The van der Waals surface area contributed by atoms with Crippen LogP contribution in [0.3, 0.4) is 0 Å². The number of hydrogen-bond donors (Lipinski definition) is 1. The van der Waals surface area contributed by atoms with Gasteiger partial charge in [0.2, 0.25) is 0 Å². The summed E-state index contributed by atoms with van der Waals surface area (Å²) in [5, 5.41) is 9.92. The van der Waals surface area contributed by atoms with Gasteiger partial charge in [-0.3, -0.25) is 0 Å². The van der Waals surface area contributed by atoms with E-state index in [1.807, 2.05) is 0 Å². The van der Waals surface area contributed by atoms with Crippen molar-refractivity contribution in [2.75, 3.05) is 13.7 Å². The maximum absolute atomic E-state index is 9.92. The number of aliphatic hydroxyl groups is 1. The van der Waals surface area contributed by atoms with Crippen molar-refractivity contribution in [1.29, 1.82) is 0 Å². The molecule has 0 aromatic heterocycles. The third kappa shape index (κ3) is 3.76. The number of aliphatic hydroxyl groups excluding tert-OH is 1. The standard InChI is InChI=1S/C13H26O2/c1-13(2,3)11-5-6-12(14)10(9-11)7-8-15-4/h10-12,14H,5-9H2,1-4H3. The van der Waals surface area contributed by atoms with Crippen molar-refractivity contribution in [1.82, 2.24) is 0 Å². The molecule has 90 valence electrons. The van der Waals surface area contributed by atoms with E-state index in [9.17, 15) is 5.11 Å². The van der Waals surface area contributed by atoms with E-state index in [1.54, 1.807) is 7.11 Å². The molecule has 1 fully saturated rings. The number of methoxy groups -OCH3 is 1. The molecule has 0 saturated heterocycles. The Kier molecular flexibility index (Phi) is 4.60. The van der Waals surface area contributed by atoms with Gasteiger partial charge in [-0.05, 0) is 42.9 Å². The second-order valence-corrected chi connectivity index (χ2v) is 5.98. The Morgan fingerprint density at radius 2 is 1.93 bits per heavy atom. The summed E-state index contributed by atoms with van der Waals surface area (Å²) in [6.07, 6.45) is 4.21. The van der Waals surface area contributed by atoms with Crippen LogP contribution in [0, 0.1) is 17.3 Å². The van der Waals surface area contributed by atoms with E-state index in [4.69, 9.17) is 4.74 Å². The number of rotatable bonds is 3. The zero-order valence-electron chi connectivity index (χ0n) is 10.6. The van der Waals surface area contributed by atoms with Gasteiger partial charge in [0, 0.05) is 13.7 Å². The van der Waals surface area contributed by atoms with Crippen LogP contribution in [0.25, 0.3) is 0 Å². The Hall–Kier alpha value is -0.0800. The second-order valence-electron chi connectivity index (χ2n) is 5.98. The minimum atomic E-state index is -0.0984. The maximum Gasteiger partial charge on any atom is 0.0569 e. The molecule has 0 aromatic rings. The van der Waals surface area contributed by atoms with Crippen LogP contribution in [0.1, 0.15) is 46.5 Å². The van der Waals surface area contributed by atoms with Crippen molar-refractivity contribution >= 4 is 0 Å². The normalized spacial score (nSPS) is 33.0. The van der Waals surface area contributed by atoms with Gasteiger partial charge in [0.15, 0.2) is 0 Å². The van der Waals surface area contributed by atoms with Crippen LogP contribution < -0.4 is 0 Å². The van der Waals surface area contributed by atoms with Gasteiger partial charge in [-0.25, -0.2) is 0 Å². The fourth-order valence-electron chi connectivity index (χ4n) is 2.61. The zero-order valence-corrected chi connectivity index (χ0v) is 10.6. The average molecular weight is 214 g/mol. The Morgan fingerprint density at radius 3 is 2.47 bits per heavy atom. The lowest BCUT2D eigenvalue weighted by Gasteiger charge is -2.40. The molecule has 0 aromatic carbocycles. The van der Waals surface area contributed by atoms with E-state index in [2.05, 4.69) is 20.8 Å². The third-order valence-corrected chi connectivity index (χ3v) is 3.86. The highest BCUT2D eigenvalue weighted by molar-refractivity contribution is 4.85. The molecule has 0 bridgehead atoms. The summed E-state index contributed by atoms with van der Waals surface area (Å²) in [5.41, 5.74) is 0.380. The Morgan fingerprint density at radius 1 is 1.27 bits per heavy atom. The Labute approximate surface area is 94.0 Å². The van der Waals surface area contributed by atoms with Crippen LogP contribution in [0.15, 0.2) is 0 Å². The molecule has 1 rings (SSSR count). The molecule has 2 heteroatoms. The lowest BCUT2D eigenvalue weighted by molar-refractivity contribution is 0.00568. The van der Waals surface area contributed by atoms with Gasteiger partial charge in [-0.2, -0.15) is 0 Å². The van der Waals surface area contributed by atoms with Crippen molar-refractivity contribution in [2.24, 2.45) is 17.3 Å². The molecule has 15 heavy (non-hydrogen) atoms. The summed E-state index contributed by atoms with van der Waals surface area (Å²) in [5.74, 6) is 1.20. The molecule has 1 saturated carbocycles. The van der Waals surface area contributed by atoms with E-state index >= 15 is 0 Å². The van der Waals surface area contributed by atoms with E-state index in [0.29, 0.717) is 11.3 Å². The van der Waals surface area contributed by atoms with Crippen molar-refractivity contribution in [3.05, 3.63) is 0 Å². The smallest absolute Gasteiger partial charge is 0.0569 e. The first-order chi connectivity index (χ1) is 6.95. The predicted molar refractivity (Wildman–Crippen MR) is 62.8 cm³/mol. The fraction of sp³-hybridized carbons (Fsp3) is 1.00. The van der Waals surface area contributed by atoms with E-state index in [0.717, 1.165) is 31.8 Å². The van der Waals surface area contributed by atoms with Gasteiger partial charge >= 0.3 is 0 Å². The van der Waals surface area contributed by atoms with E-state index in [-0.39, 0.29) is 6.10 Å². The monoisotopic (exact) mass is 214 g/mol. The molecule has 0 spiro atoms. The first-order valence-corrected chi connectivity index (χ1v) is 6.12. The lowest BCUT2D eigenvalue weighted by atomic mass is 9.67. The van der Waals surface area contributed by atoms with Gasteiger partial charge in [0.25, 0.3) is 0 Å². The highest BCUT2D eigenvalue weighted by Gasteiger charge is 2.34. The third-order valence-electron chi connectivity index (χ3n) is 3.86.